The van der Waals surface area contributed by atoms with Gasteiger partial charge in [0.05, 0.1) is 17.3 Å². The van der Waals surface area contributed by atoms with Crippen molar-refractivity contribution >= 4 is 5.69 Å². The molecule has 0 fully saturated rings. The average Bonchev–Trinajstić information content (AvgIpc) is 2.38. The summed E-state index contributed by atoms with van der Waals surface area (Å²) in [6.45, 7) is 9.36. The fraction of sp³-hybridized carbons (Fsp3) is 0.562. The van der Waals surface area contributed by atoms with Crippen molar-refractivity contribution in [3.63, 3.8) is 0 Å². The Morgan fingerprint density at radius 3 is 2.32 bits per heavy atom. The van der Waals surface area contributed by atoms with Gasteiger partial charge in [-0.1, -0.05) is 27.7 Å². The molecule has 0 aliphatic rings. The van der Waals surface area contributed by atoms with Crippen molar-refractivity contribution in [2.24, 2.45) is 5.92 Å². The Bertz CT molecular complexity index is 445. The van der Waals surface area contributed by atoms with E-state index in [2.05, 4.69) is 32.6 Å². The third-order valence-electron chi connectivity index (χ3n) is 3.33. The number of hydrogen-bond acceptors (Lipinski definition) is 2. The van der Waals surface area contributed by atoms with Gasteiger partial charge >= 0.3 is 0 Å². The third kappa shape index (κ3) is 3.96. The number of rotatable bonds is 6. The molecule has 0 saturated heterocycles. The Balaban J connectivity index is 3.13. The molecule has 1 aromatic rings. The first kappa shape index (κ1) is 15.5. The molecular formula is C16H23FN2. The maximum Gasteiger partial charge on any atom is 0.147 e. The highest BCUT2D eigenvalue weighted by molar-refractivity contribution is 5.52. The quantitative estimate of drug-likeness (QED) is 0.762. The summed E-state index contributed by atoms with van der Waals surface area (Å²) < 4.78 is 14.2. The van der Waals surface area contributed by atoms with Crippen LogP contribution in [0.3, 0.4) is 0 Å². The standard InChI is InChI=1S/C16H23FN2/c1-5-14(6-2)19(11-12(3)4)16-8-7-13(10-18)9-15(16)17/h7-9,12,14H,5-6,11H2,1-4H3. The number of nitriles is 1. The molecule has 3 heteroatoms. The van der Waals surface area contributed by atoms with Crippen LogP contribution in [0, 0.1) is 23.1 Å². The first-order valence-corrected chi connectivity index (χ1v) is 6.99. The first-order chi connectivity index (χ1) is 9.03. The molecule has 1 aromatic carbocycles. The summed E-state index contributed by atoms with van der Waals surface area (Å²) in [5.41, 5.74) is 0.983. The van der Waals surface area contributed by atoms with Gasteiger partial charge in [0.2, 0.25) is 0 Å². The SMILES string of the molecule is CCC(CC)N(CC(C)C)c1ccc(C#N)cc1F. The lowest BCUT2D eigenvalue weighted by molar-refractivity contribution is 0.496. The summed E-state index contributed by atoms with van der Waals surface area (Å²) in [7, 11) is 0. The predicted molar refractivity (Wildman–Crippen MR) is 77.7 cm³/mol. The fourth-order valence-corrected chi connectivity index (χ4v) is 2.38. The number of halogens is 1. The molecule has 0 spiro atoms. The molecule has 0 aromatic heterocycles. The second-order valence-corrected chi connectivity index (χ2v) is 5.29. The van der Waals surface area contributed by atoms with Gasteiger partial charge in [0.15, 0.2) is 0 Å². The molecule has 19 heavy (non-hydrogen) atoms. The lowest BCUT2D eigenvalue weighted by atomic mass is 10.1. The maximum atomic E-state index is 14.2. The van der Waals surface area contributed by atoms with Gasteiger partial charge in [-0.15, -0.1) is 0 Å². The van der Waals surface area contributed by atoms with E-state index in [0.717, 1.165) is 19.4 Å². The molecule has 0 heterocycles. The monoisotopic (exact) mass is 262 g/mol. The van der Waals surface area contributed by atoms with Crippen LogP contribution in [-0.4, -0.2) is 12.6 Å². The molecule has 0 N–H and O–H groups in total. The van der Waals surface area contributed by atoms with Crippen LogP contribution in [0.1, 0.15) is 46.1 Å². The van der Waals surface area contributed by atoms with Gasteiger partial charge in [-0.2, -0.15) is 5.26 Å². The summed E-state index contributed by atoms with van der Waals surface area (Å²) in [4.78, 5) is 2.14. The van der Waals surface area contributed by atoms with Crippen LogP contribution in [0.4, 0.5) is 10.1 Å². The first-order valence-electron chi connectivity index (χ1n) is 6.99. The van der Waals surface area contributed by atoms with Gasteiger partial charge in [-0.25, -0.2) is 4.39 Å². The molecule has 0 radical (unpaired) electrons. The molecule has 1 rings (SSSR count). The second-order valence-electron chi connectivity index (χ2n) is 5.29. The predicted octanol–water partition coefficient (Wildman–Crippen LogP) is 4.35. The van der Waals surface area contributed by atoms with E-state index in [1.165, 1.54) is 6.07 Å². The normalized spacial score (nSPS) is 10.8. The Morgan fingerprint density at radius 2 is 1.89 bits per heavy atom. The minimum absolute atomic E-state index is 0.299. The fourth-order valence-electron chi connectivity index (χ4n) is 2.38. The zero-order valence-electron chi connectivity index (χ0n) is 12.3. The van der Waals surface area contributed by atoms with Gasteiger partial charge < -0.3 is 4.90 Å². The van der Waals surface area contributed by atoms with Gasteiger partial charge in [0.25, 0.3) is 0 Å². The molecule has 0 aliphatic carbocycles. The zero-order valence-corrected chi connectivity index (χ0v) is 12.3. The summed E-state index contributed by atoms with van der Waals surface area (Å²) in [5, 5.41) is 8.81. The summed E-state index contributed by atoms with van der Waals surface area (Å²) >= 11 is 0. The van der Waals surface area contributed by atoms with E-state index in [9.17, 15) is 4.39 Å². The maximum absolute atomic E-state index is 14.2. The molecular weight excluding hydrogens is 239 g/mol. The number of hydrogen-bond donors (Lipinski definition) is 0. The Hall–Kier alpha value is -1.56. The van der Waals surface area contributed by atoms with Crippen molar-refractivity contribution in [3.05, 3.63) is 29.6 Å². The van der Waals surface area contributed by atoms with E-state index in [1.54, 1.807) is 12.1 Å². The van der Waals surface area contributed by atoms with E-state index < -0.39 is 0 Å². The molecule has 0 saturated carbocycles. The Morgan fingerprint density at radius 1 is 1.26 bits per heavy atom. The van der Waals surface area contributed by atoms with Crippen molar-refractivity contribution in [1.82, 2.24) is 0 Å². The van der Waals surface area contributed by atoms with Gasteiger partial charge in [0, 0.05) is 12.6 Å². The zero-order chi connectivity index (χ0) is 14.4. The van der Waals surface area contributed by atoms with E-state index >= 15 is 0 Å². The topological polar surface area (TPSA) is 27.0 Å². The minimum Gasteiger partial charge on any atom is -0.366 e. The molecule has 0 atom stereocenters. The lowest BCUT2D eigenvalue weighted by Crippen LogP contribution is -2.38. The Labute approximate surface area is 115 Å². The van der Waals surface area contributed by atoms with Crippen molar-refractivity contribution in [3.8, 4) is 6.07 Å². The highest BCUT2D eigenvalue weighted by atomic mass is 19.1. The van der Waals surface area contributed by atoms with E-state index in [-0.39, 0.29) is 5.82 Å². The van der Waals surface area contributed by atoms with Crippen LogP contribution in [0.5, 0.6) is 0 Å². The number of nitrogens with zero attached hydrogens (tertiary/aromatic N) is 2. The Kier molecular flexibility index (Phi) is 5.82. The van der Waals surface area contributed by atoms with Gasteiger partial charge in [-0.05, 0) is 37.0 Å². The minimum atomic E-state index is -0.299. The van der Waals surface area contributed by atoms with Crippen molar-refractivity contribution in [1.29, 1.82) is 5.26 Å². The van der Waals surface area contributed by atoms with Crippen LogP contribution in [0.2, 0.25) is 0 Å². The largest absolute Gasteiger partial charge is 0.366 e. The smallest absolute Gasteiger partial charge is 0.147 e. The average molecular weight is 262 g/mol. The van der Waals surface area contributed by atoms with Crippen LogP contribution in [0.15, 0.2) is 18.2 Å². The molecule has 2 nitrogen and oxygen atoms in total. The van der Waals surface area contributed by atoms with Gasteiger partial charge in [0.1, 0.15) is 5.82 Å². The molecule has 0 bridgehead atoms. The summed E-state index contributed by atoms with van der Waals surface area (Å²) in [6, 6.07) is 7.05. The highest BCUT2D eigenvalue weighted by Gasteiger charge is 2.20. The van der Waals surface area contributed by atoms with E-state index in [0.29, 0.717) is 23.2 Å². The number of benzene rings is 1. The molecule has 0 aliphatic heterocycles. The van der Waals surface area contributed by atoms with Gasteiger partial charge in [-0.3, -0.25) is 0 Å². The van der Waals surface area contributed by atoms with E-state index in [4.69, 9.17) is 5.26 Å². The molecule has 0 amide bonds. The highest BCUT2D eigenvalue weighted by Crippen LogP contribution is 2.25. The van der Waals surface area contributed by atoms with Crippen LogP contribution in [-0.2, 0) is 0 Å². The van der Waals surface area contributed by atoms with Crippen LogP contribution in [0.25, 0.3) is 0 Å². The van der Waals surface area contributed by atoms with Crippen molar-refractivity contribution < 1.29 is 4.39 Å². The second kappa shape index (κ2) is 7.13. The summed E-state index contributed by atoms with van der Waals surface area (Å²) in [5.74, 6) is 0.169. The summed E-state index contributed by atoms with van der Waals surface area (Å²) in [6.07, 6.45) is 1.98. The van der Waals surface area contributed by atoms with Crippen LogP contribution >= 0.6 is 0 Å². The lowest BCUT2D eigenvalue weighted by Gasteiger charge is -2.34. The van der Waals surface area contributed by atoms with Crippen LogP contribution < -0.4 is 4.90 Å². The molecule has 104 valence electrons. The number of anilines is 1. The van der Waals surface area contributed by atoms with E-state index in [1.807, 2.05) is 6.07 Å². The molecule has 0 unspecified atom stereocenters. The third-order valence-corrected chi connectivity index (χ3v) is 3.33. The van der Waals surface area contributed by atoms with Crippen molar-refractivity contribution in [2.75, 3.05) is 11.4 Å². The van der Waals surface area contributed by atoms with Crippen molar-refractivity contribution in [2.45, 2.75) is 46.6 Å².